The zero-order valence-electron chi connectivity index (χ0n) is 20.0. The van der Waals surface area contributed by atoms with Gasteiger partial charge in [-0.1, -0.05) is 25.5 Å². The molecule has 4 rings (SSSR count). The lowest BCUT2D eigenvalue weighted by Gasteiger charge is -2.30. The molecule has 34 heavy (non-hydrogen) atoms. The minimum absolute atomic E-state index is 0.0135. The van der Waals surface area contributed by atoms with Crippen LogP contribution in [0.2, 0.25) is 0 Å². The van der Waals surface area contributed by atoms with Crippen molar-refractivity contribution in [1.29, 1.82) is 0 Å². The summed E-state index contributed by atoms with van der Waals surface area (Å²) in [5.41, 5.74) is 8.14. The third-order valence-electron chi connectivity index (χ3n) is 6.31. The summed E-state index contributed by atoms with van der Waals surface area (Å²) in [5, 5.41) is 0. The predicted molar refractivity (Wildman–Crippen MR) is 127 cm³/mol. The molecule has 8 heteroatoms. The summed E-state index contributed by atoms with van der Waals surface area (Å²) >= 11 is 0. The molecule has 2 unspecified atom stereocenters. The van der Waals surface area contributed by atoms with Crippen molar-refractivity contribution in [3.8, 4) is 11.5 Å². The topological polar surface area (TPSA) is 102 Å². The van der Waals surface area contributed by atoms with Crippen molar-refractivity contribution in [1.82, 2.24) is 4.57 Å². The molecule has 0 bridgehead atoms. The number of esters is 1. The van der Waals surface area contributed by atoms with E-state index >= 15 is 0 Å². The van der Waals surface area contributed by atoms with Crippen LogP contribution < -0.4 is 20.8 Å². The molecule has 0 aliphatic carbocycles. The molecule has 2 aliphatic rings. The Balaban J connectivity index is 1.91. The quantitative estimate of drug-likeness (QED) is 0.594. The Labute approximate surface area is 199 Å². The Morgan fingerprint density at radius 3 is 2.62 bits per heavy atom. The maximum absolute atomic E-state index is 14.0. The van der Waals surface area contributed by atoms with Gasteiger partial charge in [-0.05, 0) is 43.9 Å². The average Bonchev–Trinajstić information content (AvgIpc) is 3.34. The smallest absolute Gasteiger partial charge is 0.340 e. The highest BCUT2D eigenvalue weighted by Gasteiger charge is 2.38. The van der Waals surface area contributed by atoms with E-state index in [2.05, 4.69) is 6.92 Å². The number of pyridine rings is 1. The van der Waals surface area contributed by atoms with E-state index in [-0.39, 0.29) is 29.7 Å². The zero-order valence-corrected chi connectivity index (χ0v) is 20.0. The standard InChI is InChI=1S/C26H32N2O6/c1-4-7-17-14-20-22(25(29)28(17)15-19-8-6-13-33-19)21(16-9-11-18(31-3)12-10-16)23(24(27)34-20)26(30)32-5-2/h9-12,14,19,21H,4-8,13,15,27H2,1-3H3. The number of carbonyl (C=O) groups is 1. The van der Waals surface area contributed by atoms with Crippen molar-refractivity contribution in [3.05, 3.63) is 69.0 Å². The van der Waals surface area contributed by atoms with Crippen molar-refractivity contribution in [2.45, 2.75) is 58.1 Å². The number of hydrogen-bond donors (Lipinski definition) is 1. The van der Waals surface area contributed by atoms with Crippen molar-refractivity contribution in [2.75, 3.05) is 20.3 Å². The Bertz CT molecular complexity index is 1130. The van der Waals surface area contributed by atoms with Gasteiger partial charge in [0.05, 0.1) is 37.8 Å². The Morgan fingerprint density at radius 1 is 1.24 bits per heavy atom. The van der Waals surface area contributed by atoms with Gasteiger partial charge in [-0.15, -0.1) is 0 Å². The monoisotopic (exact) mass is 468 g/mol. The summed E-state index contributed by atoms with van der Waals surface area (Å²) in [7, 11) is 1.58. The molecule has 2 N–H and O–H groups in total. The number of benzene rings is 1. The number of fused-ring (bicyclic) bond motifs is 1. The summed E-state index contributed by atoms with van der Waals surface area (Å²) in [6.45, 7) is 5.13. The predicted octanol–water partition coefficient (Wildman–Crippen LogP) is 3.25. The number of nitrogens with zero attached hydrogens (tertiary/aromatic N) is 1. The van der Waals surface area contributed by atoms with E-state index in [9.17, 15) is 9.59 Å². The van der Waals surface area contributed by atoms with Gasteiger partial charge in [0.15, 0.2) is 0 Å². The van der Waals surface area contributed by atoms with Crippen LogP contribution in [0, 0.1) is 0 Å². The summed E-state index contributed by atoms with van der Waals surface area (Å²) in [4.78, 5) is 27.0. The van der Waals surface area contributed by atoms with E-state index in [1.54, 1.807) is 30.7 Å². The molecule has 0 amide bonds. The van der Waals surface area contributed by atoms with Crippen LogP contribution in [0.15, 0.2) is 46.6 Å². The van der Waals surface area contributed by atoms with Gasteiger partial charge >= 0.3 is 5.97 Å². The number of ether oxygens (including phenoxy) is 4. The highest BCUT2D eigenvalue weighted by molar-refractivity contribution is 5.92. The molecule has 2 aromatic rings. The number of nitrogens with two attached hydrogens (primary N) is 1. The third-order valence-corrected chi connectivity index (χ3v) is 6.31. The lowest BCUT2D eigenvalue weighted by atomic mass is 9.83. The van der Waals surface area contributed by atoms with Gasteiger partial charge < -0.3 is 29.2 Å². The molecule has 2 aliphatic heterocycles. The van der Waals surface area contributed by atoms with Gasteiger partial charge in [0.2, 0.25) is 5.88 Å². The largest absolute Gasteiger partial charge is 0.497 e. The molecule has 0 saturated carbocycles. The van der Waals surface area contributed by atoms with E-state index < -0.39 is 11.9 Å². The second-order valence-corrected chi connectivity index (χ2v) is 8.52. The second-order valence-electron chi connectivity index (χ2n) is 8.52. The van der Waals surface area contributed by atoms with Gasteiger partial charge in [-0.2, -0.15) is 0 Å². The second kappa shape index (κ2) is 10.3. The summed E-state index contributed by atoms with van der Waals surface area (Å²) in [5.74, 6) is -0.338. The van der Waals surface area contributed by atoms with E-state index in [4.69, 9.17) is 24.7 Å². The van der Waals surface area contributed by atoms with E-state index in [1.807, 2.05) is 18.2 Å². The van der Waals surface area contributed by atoms with Gasteiger partial charge in [0.1, 0.15) is 17.1 Å². The van der Waals surface area contributed by atoms with Crippen LogP contribution in [0.1, 0.15) is 55.8 Å². The highest BCUT2D eigenvalue weighted by atomic mass is 16.5. The van der Waals surface area contributed by atoms with Gasteiger partial charge in [-0.25, -0.2) is 4.79 Å². The Kier molecular flexibility index (Phi) is 7.26. The molecule has 1 saturated heterocycles. The molecule has 0 radical (unpaired) electrons. The number of carbonyl (C=O) groups excluding carboxylic acids is 1. The van der Waals surface area contributed by atoms with E-state index in [0.717, 1.165) is 30.5 Å². The van der Waals surface area contributed by atoms with Gasteiger partial charge in [-0.3, -0.25) is 4.79 Å². The zero-order chi connectivity index (χ0) is 24.2. The minimum atomic E-state index is -0.729. The first kappa shape index (κ1) is 23.9. The molecule has 8 nitrogen and oxygen atoms in total. The molecule has 3 heterocycles. The summed E-state index contributed by atoms with van der Waals surface area (Å²) < 4.78 is 24.1. The lowest BCUT2D eigenvalue weighted by Crippen LogP contribution is -2.37. The van der Waals surface area contributed by atoms with Crippen molar-refractivity contribution >= 4 is 5.97 Å². The number of aromatic nitrogens is 1. The average molecular weight is 469 g/mol. The molecular weight excluding hydrogens is 436 g/mol. The molecule has 1 aromatic heterocycles. The third kappa shape index (κ3) is 4.55. The summed E-state index contributed by atoms with van der Waals surface area (Å²) in [6.07, 6.45) is 3.46. The van der Waals surface area contributed by atoms with E-state index in [1.165, 1.54) is 0 Å². The normalized spacial score (nSPS) is 19.5. The SMILES string of the molecule is CCCc1cc2c(c(=O)n1CC1CCCO1)C(c1ccc(OC)cc1)C(C(=O)OCC)=C(N)O2. The molecule has 2 atom stereocenters. The Hall–Kier alpha value is -3.26. The minimum Gasteiger partial charge on any atom is -0.497 e. The lowest BCUT2D eigenvalue weighted by molar-refractivity contribution is -0.139. The maximum Gasteiger partial charge on any atom is 0.340 e. The fourth-order valence-electron chi connectivity index (χ4n) is 4.71. The van der Waals surface area contributed by atoms with Crippen molar-refractivity contribution < 1.29 is 23.7 Å². The molecular formula is C26H32N2O6. The fraction of sp³-hybridized carbons (Fsp3) is 0.462. The first-order valence-corrected chi connectivity index (χ1v) is 11.8. The van der Waals surface area contributed by atoms with Crippen LogP contribution >= 0.6 is 0 Å². The van der Waals surface area contributed by atoms with Crippen LogP contribution in [-0.2, 0) is 27.2 Å². The number of hydrogen-bond acceptors (Lipinski definition) is 7. The Morgan fingerprint density at radius 2 is 2.00 bits per heavy atom. The summed E-state index contributed by atoms with van der Waals surface area (Å²) in [6, 6.07) is 9.11. The molecule has 0 spiro atoms. The molecule has 1 aromatic carbocycles. The number of methoxy groups -OCH3 is 1. The van der Waals surface area contributed by atoms with Crippen LogP contribution in [-0.4, -0.2) is 37.0 Å². The first-order valence-electron chi connectivity index (χ1n) is 11.8. The van der Waals surface area contributed by atoms with Gasteiger partial charge in [0.25, 0.3) is 5.56 Å². The van der Waals surface area contributed by atoms with Gasteiger partial charge in [0, 0.05) is 18.4 Å². The van der Waals surface area contributed by atoms with Crippen LogP contribution in [0.5, 0.6) is 11.5 Å². The van der Waals surface area contributed by atoms with Crippen molar-refractivity contribution in [2.24, 2.45) is 5.73 Å². The van der Waals surface area contributed by atoms with Crippen LogP contribution in [0.4, 0.5) is 0 Å². The van der Waals surface area contributed by atoms with E-state index in [0.29, 0.717) is 36.6 Å². The maximum atomic E-state index is 14.0. The number of aryl methyl sites for hydroxylation is 1. The van der Waals surface area contributed by atoms with Crippen LogP contribution in [0.3, 0.4) is 0 Å². The van der Waals surface area contributed by atoms with Crippen molar-refractivity contribution in [3.63, 3.8) is 0 Å². The first-order chi connectivity index (χ1) is 16.5. The number of rotatable bonds is 8. The molecule has 1 fully saturated rings. The fourth-order valence-corrected chi connectivity index (χ4v) is 4.71. The molecule has 182 valence electrons. The highest BCUT2D eigenvalue weighted by Crippen LogP contribution is 2.42. The van der Waals surface area contributed by atoms with Crippen LogP contribution in [0.25, 0.3) is 0 Å².